The van der Waals surface area contributed by atoms with E-state index in [0.717, 1.165) is 15.6 Å². The van der Waals surface area contributed by atoms with Crippen LogP contribution in [0.5, 0.6) is 0 Å². The van der Waals surface area contributed by atoms with Gasteiger partial charge >= 0.3 is 0 Å². The van der Waals surface area contributed by atoms with E-state index in [1.807, 2.05) is 68.4 Å². The van der Waals surface area contributed by atoms with Crippen LogP contribution >= 0.6 is 15.9 Å². The number of benzene rings is 3. The van der Waals surface area contributed by atoms with E-state index in [-0.39, 0.29) is 35.2 Å². The van der Waals surface area contributed by atoms with Crippen LogP contribution < -0.4 is 5.32 Å². The molecular formula is C29H30BrN3O5S. The Bertz CT molecular complexity index is 1480. The number of nitrogens with one attached hydrogen (secondary N) is 1. The standard InChI is InChI=1S/C29H30BrN3O5S/c1-20(2)17-31-28(35)25(16-21-9-4-3-5-10-21)32(18-22-11-8-12-23(30)15-22)27(34)19-33-29(36)24-13-6-7-14-26(24)39(33,37)38/h3-15,20,25H,16-19H2,1-2H3,(H,31,35)/t25-/m1/s1. The number of fused-ring (bicyclic) bond motifs is 1. The molecule has 0 radical (unpaired) electrons. The second-order valence-corrected chi connectivity index (χ2v) is 12.6. The van der Waals surface area contributed by atoms with Crippen molar-refractivity contribution in [3.63, 3.8) is 0 Å². The van der Waals surface area contributed by atoms with Crippen LogP contribution in [0.25, 0.3) is 0 Å². The van der Waals surface area contributed by atoms with Gasteiger partial charge in [-0.25, -0.2) is 12.7 Å². The van der Waals surface area contributed by atoms with Gasteiger partial charge in [-0.2, -0.15) is 0 Å². The summed E-state index contributed by atoms with van der Waals surface area (Å²) >= 11 is 3.44. The van der Waals surface area contributed by atoms with Gasteiger partial charge in [-0.1, -0.05) is 84.4 Å². The van der Waals surface area contributed by atoms with Crippen molar-refractivity contribution in [2.45, 2.75) is 37.8 Å². The molecule has 39 heavy (non-hydrogen) atoms. The number of carbonyl (C=O) groups excluding carboxylic acids is 3. The maximum absolute atomic E-state index is 13.9. The summed E-state index contributed by atoms with van der Waals surface area (Å²) < 4.78 is 27.7. The van der Waals surface area contributed by atoms with Crippen molar-refractivity contribution < 1.29 is 22.8 Å². The van der Waals surface area contributed by atoms with Gasteiger partial charge < -0.3 is 10.2 Å². The first-order chi connectivity index (χ1) is 18.6. The Morgan fingerprint density at radius 2 is 1.62 bits per heavy atom. The maximum atomic E-state index is 13.9. The van der Waals surface area contributed by atoms with Gasteiger partial charge in [0.2, 0.25) is 11.8 Å². The smallest absolute Gasteiger partial charge is 0.269 e. The predicted molar refractivity (Wildman–Crippen MR) is 151 cm³/mol. The fraction of sp³-hybridized carbons (Fsp3) is 0.276. The molecule has 4 rings (SSSR count). The molecule has 10 heteroatoms. The zero-order valence-electron chi connectivity index (χ0n) is 21.7. The third kappa shape index (κ3) is 6.57. The van der Waals surface area contributed by atoms with Gasteiger partial charge in [0.05, 0.1) is 5.56 Å². The minimum atomic E-state index is -4.20. The average molecular weight is 613 g/mol. The Morgan fingerprint density at radius 3 is 2.28 bits per heavy atom. The van der Waals surface area contributed by atoms with Gasteiger partial charge in [0.1, 0.15) is 17.5 Å². The van der Waals surface area contributed by atoms with Gasteiger partial charge in [-0.3, -0.25) is 14.4 Å². The van der Waals surface area contributed by atoms with Crippen LogP contribution in [0, 0.1) is 5.92 Å². The van der Waals surface area contributed by atoms with Gasteiger partial charge in [-0.15, -0.1) is 0 Å². The van der Waals surface area contributed by atoms with Crippen LogP contribution in [0.4, 0.5) is 0 Å². The number of hydrogen-bond acceptors (Lipinski definition) is 5. The summed E-state index contributed by atoms with van der Waals surface area (Å²) in [6, 6.07) is 21.6. The quantitative estimate of drug-likeness (QED) is 0.373. The summed E-state index contributed by atoms with van der Waals surface area (Å²) in [6.45, 7) is 3.68. The number of nitrogens with zero attached hydrogens (tertiary/aromatic N) is 2. The highest BCUT2D eigenvalue weighted by Gasteiger charge is 2.43. The Balaban J connectivity index is 1.71. The molecule has 3 aromatic carbocycles. The van der Waals surface area contributed by atoms with Gasteiger partial charge in [0.15, 0.2) is 0 Å². The van der Waals surface area contributed by atoms with Crippen LogP contribution in [0.3, 0.4) is 0 Å². The highest BCUT2D eigenvalue weighted by atomic mass is 79.9. The van der Waals surface area contributed by atoms with Crippen molar-refractivity contribution in [2.24, 2.45) is 5.92 Å². The topological polar surface area (TPSA) is 104 Å². The van der Waals surface area contributed by atoms with E-state index in [2.05, 4.69) is 21.2 Å². The van der Waals surface area contributed by atoms with Crippen LogP contribution in [0.1, 0.15) is 35.3 Å². The monoisotopic (exact) mass is 611 g/mol. The third-order valence-corrected chi connectivity index (χ3v) is 8.67. The normalized spacial score (nSPS) is 14.7. The van der Waals surface area contributed by atoms with Crippen LogP contribution in [-0.2, 0) is 32.6 Å². The zero-order chi connectivity index (χ0) is 28.2. The highest BCUT2D eigenvalue weighted by molar-refractivity contribution is 9.10. The average Bonchev–Trinajstić information content (AvgIpc) is 3.10. The van der Waals surface area contributed by atoms with Crippen molar-refractivity contribution in [1.82, 2.24) is 14.5 Å². The van der Waals surface area contributed by atoms with E-state index in [9.17, 15) is 22.8 Å². The van der Waals surface area contributed by atoms with Gasteiger partial charge in [0.25, 0.3) is 15.9 Å². The first-order valence-corrected chi connectivity index (χ1v) is 14.8. The lowest BCUT2D eigenvalue weighted by atomic mass is 10.0. The SMILES string of the molecule is CC(C)CNC(=O)[C@@H](Cc1ccccc1)N(Cc1cccc(Br)c1)C(=O)CN1C(=O)c2ccccc2S1(=O)=O. The molecule has 1 atom stereocenters. The molecule has 3 aromatic rings. The minimum absolute atomic E-state index is 0.0272. The first kappa shape index (κ1) is 28.5. The number of hydrogen-bond donors (Lipinski definition) is 1. The number of amides is 3. The highest BCUT2D eigenvalue weighted by Crippen LogP contribution is 2.30. The molecule has 0 spiro atoms. The maximum Gasteiger partial charge on any atom is 0.269 e. The van der Waals surface area contributed by atoms with Crippen molar-refractivity contribution >= 4 is 43.7 Å². The summed E-state index contributed by atoms with van der Waals surface area (Å²) in [5.74, 6) is -1.58. The van der Waals surface area contributed by atoms with E-state index >= 15 is 0 Å². The largest absolute Gasteiger partial charge is 0.354 e. The summed E-state index contributed by atoms with van der Waals surface area (Å²) in [6.07, 6.45) is 0.214. The molecule has 3 amide bonds. The first-order valence-electron chi connectivity index (χ1n) is 12.6. The summed E-state index contributed by atoms with van der Waals surface area (Å²) in [4.78, 5) is 41.8. The van der Waals surface area contributed by atoms with E-state index < -0.39 is 34.4 Å². The molecule has 1 aliphatic rings. The molecule has 0 saturated carbocycles. The Labute approximate surface area is 237 Å². The number of rotatable bonds is 10. The van der Waals surface area contributed by atoms with Crippen molar-refractivity contribution in [3.8, 4) is 0 Å². The van der Waals surface area contributed by atoms with Crippen molar-refractivity contribution in [3.05, 3.63) is 100 Å². The van der Waals surface area contributed by atoms with Gasteiger partial charge in [0, 0.05) is 24.0 Å². The molecule has 1 heterocycles. The Hall–Kier alpha value is -3.50. The van der Waals surface area contributed by atoms with Gasteiger partial charge in [-0.05, 0) is 41.3 Å². The fourth-order valence-electron chi connectivity index (χ4n) is 4.41. The Kier molecular flexibility index (Phi) is 8.87. The lowest BCUT2D eigenvalue weighted by Gasteiger charge is -2.32. The van der Waals surface area contributed by atoms with Crippen LogP contribution in [-0.4, -0.2) is 54.5 Å². The van der Waals surface area contributed by atoms with Crippen LogP contribution in [0.2, 0.25) is 0 Å². The lowest BCUT2D eigenvalue weighted by molar-refractivity contribution is -0.141. The number of halogens is 1. The third-order valence-electron chi connectivity index (χ3n) is 6.39. The molecule has 0 unspecified atom stereocenters. The Morgan fingerprint density at radius 1 is 0.949 bits per heavy atom. The summed E-state index contributed by atoms with van der Waals surface area (Å²) in [5, 5.41) is 2.93. The number of carbonyl (C=O) groups is 3. The van der Waals surface area contributed by atoms with E-state index in [1.54, 1.807) is 6.07 Å². The van der Waals surface area contributed by atoms with E-state index in [4.69, 9.17) is 0 Å². The predicted octanol–water partition coefficient (Wildman–Crippen LogP) is 4.01. The molecule has 0 aromatic heterocycles. The summed E-state index contributed by atoms with van der Waals surface area (Å²) in [7, 11) is -4.20. The van der Waals surface area contributed by atoms with Crippen LogP contribution in [0.15, 0.2) is 88.2 Å². The summed E-state index contributed by atoms with van der Waals surface area (Å²) in [5.41, 5.74) is 1.61. The molecule has 204 valence electrons. The van der Waals surface area contributed by atoms with E-state index in [1.165, 1.54) is 23.1 Å². The molecule has 0 saturated heterocycles. The number of sulfonamides is 1. The molecule has 0 fully saturated rings. The molecule has 0 aliphatic carbocycles. The van der Waals surface area contributed by atoms with Crippen molar-refractivity contribution in [1.29, 1.82) is 0 Å². The van der Waals surface area contributed by atoms with E-state index in [0.29, 0.717) is 10.8 Å². The molecule has 0 bridgehead atoms. The molecule has 8 nitrogen and oxygen atoms in total. The zero-order valence-corrected chi connectivity index (χ0v) is 24.1. The molecule has 1 N–H and O–H groups in total. The fourth-order valence-corrected chi connectivity index (χ4v) is 6.37. The second-order valence-electron chi connectivity index (χ2n) is 9.81. The lowest BCUT2D eigenvalue weighted by Crippen LogP contribution is -2.53. The second kappa shape index (κ2) is 12.1. The minimum Gasteiger partial charge on any atom is -0.354 e. The molecule has 1 aliphatic heterocycles. The molecular weight excluding hydrogens is 582 g/mol. The van der Waals surface area contributed by atoms with Crippen molar-refractivity contribution in [2.75, 3.05) is 13.1 Å².